The molecule has 0 spiro atoms. The van der Waals surface area contributed by atoms with Gasteiger partial charge in [0.2, 0.25) is 0 Å². The third-order valence-corrected chi connectivity index (χ3v) is 4.96. The van der Waals surface area contributed by atoms with Crippen LogP contribution in [0.2, 0.25) is 0 Å². The molecule has 122 valence electrons. The standard InChI is InChI=1S/C17H26N2O3/c20-15-4-1-3-13(11-15)12-18-14-6-8-19(9-7-14)17(21)16-5-2-10-22-16/h2,5,10,13-15,18,20H,1,3-4,6-9,11-12H2. The predicted octanol–water partition coefficient (Wildman–Crippen LogP) is 2.02. The van der Waals surface area contributed by atoms with E-state index in [1.54, 1.807) is 18.4 Å². The molecule has 2 N–H and O–H groups in total. The van der Waals surface area contributed by atoms with Crippen LogP contribution < -0.4 is 5.32 Å². The van der Waals surface area contributed by atoms with Gasteiger partial charge in [-0.1, -0.05) is 6.42 Å². The zero-order valence-corrected chi connectivity index (χ0v) is 13.0. The van der Waals surface area contributed by atoms with E-state index in [0.29, 0.717) is 17.7 Å². The molecule has 3 rings (SSSR count). The molecule has 2 aliphatic rings. The van der Waals surface area contributed by atoms with Crippen molar-refractivity contribution in [2.75, 3.05) is 19.6 Å². The maximum atomic E-state index is 12.2. The van der Waals surface area contributed by atoms with E-state index in [-0.39, 0.29) is 12.0 Å². The Balaban J connectivity index is 1.39. The normalized spacial score (nSPS) is 27.0. The van der Waals surface area contributed by atoms with Gasteiger partial charge in [-0.15, -0.1) is 0 Å². The van der Waals surface area contributed by atoms with Gasteiger partial charge in [-0.25, -0.2) is 0 Å². The van der Waals surface area contributed by atoms with E-state index in [1.165, 1.54) is 6.42 Å². The Bertz CT molecular complexity index is 466. The molecule has 2 fully saturated rings. The molecule has 5 nitrogen and oxygen atoms in total. The van der Waals surface area contributed by atoms with Gasteiger partial charge in [0.05, 0.1) is 12.4 Å². The Morgan fingerprint density at radius 3 is 2.82 bits per heavy atom. The molecule has 5 heteroatoms. The summed E-state index contributed by atoms with van der Waals surface area (Å²) in [5.41, 5.74) is 0. The second kappa shape index (κ2) is 7.29. The van der Waals surface area contributed by atoms with Gasteiger partial charge >= 0.3 is 0 Å². The third-order valence-electron chi connectivity index (χ3n) is 4.96. The van der Waals surface area contributed by atoms with Crippen LogP contribution in [0.4, 0.5) is 0 Å². The summed E-state index contributed by atoms with van der Waals surface area (Å²) < 4.78 is 5.18. The molecule has 2 unspecified atom stereocenters. The van der Waals surface area contributed by atoms with E-state index in [9.17, 15) is 9.90 Å². The van der Waals surface area contributed by atoms with Crippen molar-refractivity contribution in [1.82, 2.24) is 10.2 Å². The minimum absolute atomic E-state index is 0.00106. The number of rotatable bonds is 4. The van der Waals surface area contributed by atoms with E-state index in [0.717, 1.165) is 51.7 Å². The lowest BCUT2D eigenvalue weighted by molar-refractivity contribution is 0.0664. The Labute approximate surface area is 131 Å². The third kappa shape index (κ3) is 3.90. The quantitative estimate of drug-likeness (QED) is 0.893. The second-order valence-electron chi connectivity index (χ2n) is 6.64. The highest BCUT2D eigenvalue weighted by atomic mass is 16.3. The first-order chi connectivity index (χ1) is 10.7. The van der Waals surface area contributed by atoms with Gasteiger partial charge in [0.25, 0.3) is 5.91 Å². The smallest absolute Gasteiger partial charge is 0.289 e. The molecular formula is C17H26N2O3. The second-order valence-corrected chi connectivity index (χ2v) is 6.64. The molecule has 2 atom stereocenters. The van der Waals surface area contributed by atoms with Crippen molar-refractivity contribution in [2.24, 2.45) is 5.92 Å². The summed E-state index contributed by atoms with van der Waals surface area (Å²) >= 11 is 0. The molecule has 0 bridgehead atoms. The highest BCUT2D eigenvalue weighted by Crippen LogP contribution is 2.24. The number of nitrogens with zero attached hydrogens (tertiary/aromatic N) is 1. The highest BCUT2D eigenvalue weighted by molar-refractivity contribution is 5.91. The molecule has 1 aromatic rings. The highest BCUT2D eigenvalue weighted by Gasteiger charge is 2.26. The zero-order chi connectivity index (χ0) is 15.4. The fourth-order valence-corrected chi connectivity index (χ4v) is 3.62. The van der Waals surface area contributed by atoms with Crippen LogP contribution in [0.5, 0.6) is 0 Å². The lowest BCUT2D eigenvalue weighted by Gasteiger charge is -2.34. The average Bonchev–Trinajstić information content (AvgIpc) is 3.07. The van der Waals surface area contributed by atoms with E-state index in [4.69, 9.17) is 4.42 Å². The molecule has 0 radical (unpaired) electrons. The zero-order valence-electron chi connectivity index (χ0n) is 13.0. The van der Waals surface area contributed by atoms with Gasteiger partial charge in [0.15, 0.2) is 5.76 Å². The number of hydrogen-bond acceptors (Lipinski definition) is 4. The van der Waals surface area contributed by atoms with Crippen molar-refractivity contribution in [1.29, 1.82) is 0 Å². The fourth-order valence-electron chi connectivity index (χ4n) is 3.62. The minimum Gasteiger partial charge on any atom is -0.459 e. The molecule has 1 aromatic heterocycles. The van der Waals surface area contributed by atoms with Crippen molar-refractivity contribution in [2.45, 2.75) is 50.7 Å². The van der Waals surface area contributed by atoms with Crippen LogP contribution in [0.3, 0.4) is 0 Å². The molecule has 2 heterocycles. The van der Waals surface area contributed by atoms with E-state index in [2.05, 4.69) is 5.32 Å². The van der Waals surface area contributed by atoms with Crippen molar-refractivity contribution < 1.29 is 14.3 Å². The van der Waals surface area contributed by atoms with Gasteiger partial charge in [-0.3, -0.25) is 4.79 Å². The first-order valence-electron chi connectivity index (χ1n) is 8.46. The SMILES string of the molecule is O=C(c1ccco1)N1CCC(NCC2CCCC(O)C2)CC1. The van der Waals surface area contributed by atoms with Crippen LogP contribution in [0, 0.1) is 5.92 Å². The number of nitrogens with one attached hydrogen (secondary N) is 1. The maximum Gasteiger partial charge on any atom is 0.289 e. The molecule has 1 amide bonds. The summed E-state index contributed by atoms with van der Waals surface area (Å²) in [6.07, 6.45) is 7.67. The van der Waals surface area contributed by atoms with Crippen molar-refractivity contribution in [3.63, 3.8) is 0 Å². The predicted molar refractivity (Wildman–Crippen MR) is 83.6 cm³/mol. The number of aliphatic hydroxyl groups is 1. The molecule has 1 saturated heterocycles. The topological polar surface area (TPSA) is 65.7 Å². The minimum atomic E-state index is -0.103. The first kappa shape index (κ1) is 15.6. The first-order valence-corrected chi connectivity index (χ1v) is 8.46. The number of piperidine rings is 1. The number of amides is 1. The van der Waals surface area contributed by atoms with Crippen LogP contribution in [0.25, 0.3) is 0 Å². The van der Waals surface area contributed by atoms with Gasteiger partial charge in [-0.2, -0.15) is 0 Å². The van der Waals surface area contributed by atoms with E-state index in [1.807, 2.05) is 4.90 Å². The number of hydrogen-bond donors (Lipinski definition) is 2. The van der Waals surface area contributed by atoms with Crippen molar-refractivity contribution >= 4 is 5.91 Å². The molecule has 22 heavy (non-hydrogen) atoms. The van der Waals surface area contributed by atoms with Gasteiger partial charge in [0, 0.05) is 19.1 Å². The van der Waals surface area contributed by atoms with E-state index >= 15 is 0 Å². The Kier molecular flexibility index (Phi) is 5.16. The summed E-state index contributed by atoms with van der Waals surface area (Å²) in [4.78, 5) is 14.1. The van der Waals surface area contributed by atoms with Crippen molar-refractivity contribution in [3.8, 4) is 0 Å². The van der Waals surface area contributed by atoms with Crippen LogP contribution in [-0.4, -0.2) is 47.7 Å². The van der Waals surface area contributed by atoms with Crippen LogP contribution in [0.15, 0.2) is 22.8 Å². The van der Waals surface area contributed by atoms with Crippen LogP contribution in [0.1, 0.15) is 49.1 Å². The van der Waals surface area contributed by atoms with Crippen molar-refractivity contribution in [3.05, 3.63) is 24.2 Å². The monoisotopic (exact) mass is 306 g/mol. The molecule has 0 aromatic carbocycles. The molecule has 1 saturated carbocycles. The summed E-state index contributed by atoms with van der Waals surface area (Å²) in [5.74, 6) is 1.04. The summed E-state index contributed by atoms with van der Waals surface area (Å²) in [6, 6.07) is 3.96. The lowest BCUT2D eigenvalue weighted by Crippen LogP contribution is -2.46. The number of carbonyl (C=O) groups excluding carboxylic acids is 1. The number of aliphatic hydroxyl groups excluding tert-OH is 1. The molecule has 1 aliphatic carbocycles. The number of carbonyl (C=O) groups is 1. The maximum absolute atomic E-state index is 12.2. The number of likely N-dealkylation sites (tertiary alicyclic amines) is 1. The van der Waals surface area contributed by atoms with Gasteiger partial charge < -0.3 is 19.7 Å². The molecular weight excluding hydrogens is 280 g/mol. The largest absolute Gasteiger partial charge is 0.459 e. The van der Waals surface area contributed by atoms with Gasteiger partial charge in [0.1, 0.15) is 0 Å². The Morgan fingerprint density at radius 1 is 1.32 bits per heavy atom. The van der Waals surface area contributed by atoms with E-state index < -0.39 is 0 Å². The Hall–Kier alpha value is -1.33. The average molecular weight is 306 g/mol. The lowest BCUT2D eigenvalue weighted by atomic mass is 9.87. The Morgan fingerprint density at radius 2 is 2.14 bits per heavy atom. The van der Waals surface area contributed by atoms with Gasteiger partial charge in [-0.05, 0) is 56.7 Å². The van der Waals surface area contributed by atoms with Crippen LogP contribution in [-0.2, 0) is 0 Å². The fraction of sp³-hybridized carbons (Fsp3) is 0.706. The summed E-state index contributed by atoms with van der Waals surface area (Å²) in [5, 5.41) is 13.4. The van der Waals surface area contributed by atoms with Crippen LogP contribution >= 0.6 is 0 Å². The number of furan rings is 1. The summed E-state index contributed by atoms with van der Waals surface area (Å²) in [6.45, 7) is 2.56. The molecule has 1 aliphatic heterocycles. The summed E-state index contributed by atoms with van der Waals surface area (Å²) in [7, 11) is 0.